The quantitative estimate of drug-likeness (QED) is 0.344. The lowest BCUT2D eigenvalue weighted by atomic mass is 10.2. The van der Waals surface area contributed by atoms with Gasteiger partial charge in [0.05, 0.1) is 11.5 Å². The molecule has 0 saturated carbocycles. The van der Waals surface area contributed by atoms with Gasteiger partial charge in [-0.3, -0.25) is 10.1 Å². The van der Waals surface area contributed by atoms with Gasteiger partial charge in [-0.25, -0.2) is 0 Å². The number of benzene rings is 1. The first kappa shape index (κ1) is 15.6. The molecule has 0 amide bonds. The highest BCUT2D eigenvalue weighted by molar-refractivity contribution is 6.17. The molecule has 0 aromatic heterocycles. The first-order valence-corrected chi connectivity index (χ1v) is 5.90. The summed E-state index contributed by atoms with van der Waals surface area (Å²) in [5.41, 5.74) is 0.237. The third-order valence-corrected chi connectivity index (χ3v) is 2.55. The van der Waals surface area contributed by atoms with Gasteiger partial charge in [-0.15, -0.1) is 11.6 Å². The third-order valence-electron chi connectivity index (χ3n) is 2.24. The fourth-order valence-electron chi connectivity index (χ4n) is 1.37. The number of alkyl halides is 4. The van der Waals surface area contributed by atoms with E-state index in [1.807, 2.05) is 0 Å². The number of hydrogen-bond donors (Lipinski definition) is 0. The van der Waals surface area contributed by atoms with E-state index in [-0.39, 0.29) is 30.3 Å². The molecule has 19 heavy (non-hydrogen) atoms. The van der Waals surface area contributed by atoms with Gasteiger partial charge in [0.15, 0.2) is 5.75 Å². The first-order valence-electron chi connectivity index (χ1n) is 5.36. The molecule has 0 spiro atoms. The molecule has 1 aromatic carbocycles. The Hall–Kier alpha value is -1.50. The van der Waals surface area contributed by atoms with Crippen molar-refractivity contribution in [3.05, 3.63) is 33.9 Å². The number of ether oxygens (including phenoxy) is 1. The SMILES string of the molecule is O=[N+]([O-])c1cc(CCl)ccc1OCCCC(F)(F)F. The van der Waals surface area contributed by atoms with Crippen molar-refractivity contribution in [2.75, 3.05) is 6.61 Å². The van der Waals surface area contributed by atoms with E-state index in [1.165, 1.54) is 18.2 Å². The van der Waals surface area contributed by atoms with E-state index in [0.717, 1.165) is 0 Å². The number of nitro groups is 1. The Bertz CT molecular complexity index is 451. The predicted molar refractivity (Wildman–Crippen MR) is 63.4 cm³/mol. The minimum absolute atomic E-state index is 0.0546. The molecule has 0 atom stereocenters. The summed E-state index contributed by atoms with van der Waals surface area (Å²) in [7, 11) is 0. The van der Waals surface area contributed by atoms with Crippen LogP contribution in [0.3, 0.4) is 0 Å². The lowest BCUT2D eigenvalue weighted by Gasteiger charge is -2.09. The highest BCUT2D eigenvalue weighted by atomic mass is 35.5. The maximum absolute atomic E-state index is 11.9. The Morgan fingerprint density at radius 1 is 1.37 bits per heavy atom. The Morgan fingerprint density at radius 3 is 2.58 bits per heavy atom. The van der Waals surface area contributed by atoms with Crippen molar-refractivity contribution in [1.82, 2.24) is 0 Å². The van der Waals surface area contributed by atoms with Crippen LogP contribution in [-0.2, 0) is 5.88 Å². The van der Waals surface area contributed by atoms with Gasteiger partial charge in [0, 0.05) is 18.4 Å². The van der Waals surface area contributed by atoms with Crippen molar-refractivity contribution in [1.29, 1.82) is 0 Å². The van der Waals surface area contributed by atoms with Gasteiger partial charge >= 0.3 is 11.9 Å². The van der Waals surface area contributed by atoms with Crippen molar-refractivity contribution in [2.45, 2.75) is 24.9 Å². The summed E-state index contributed by atoms with van der Waals surface area (Å²) in [6.45, 7) is -0.236. The van der Waals surface area contributed by atoms with Gasteiger partial charge in [0.1, 0.15) is 0 Å². The van der Waals surface area contributed by atoms with Gasteiger partial charge in [0.25, 0.3) is 0 Å². The molecular weight excluding hydrogens is 287 g/mol. The first-order chi connectivity index (χ1) is 8.83. The topological polar surface area (TPSA) is 52.4 Å². The van der Waals surface area contributed by atoms with Crippen LogP contribution >= 0.6 is 11.6 Å². The molecule has 0 aliphatic heterocycles. The molecule has 1 rings (SSSR count). The minimum atomic E-state index is -4.25. The normalized spacial score (nSPS) is 11.4. The second kappa shape index (κ2) is 6.60. The van der Waals surface area contributed by atoms with E-state index in [0.29, 0.717) is 5.56 Å². The summed E-state index contributed by atoms with van der Waals surface area (Å²) >= 11 is 5.54. The highest BCUT2D eigenvalue weighted by Gasteiger charge is 2.26. The summed E-state index contributed by atoms with van der Waals surface area (Å²) in [6, 6.07) is 4.11. The molecule has 0 heterocycles. The molecule has 8 heteroatoms. The van der Waals surface area contributed by atoms with Gasteiger partial charge in [-0.05, 0) is 18.1 Å². The second-order valence-electron chi connectivity index (χ2n) is 3.76. The van der Waals surface area contributed by atoms with Crippen LogP contribution < -0.4 is 4.74 Å². The Balaban J connectivity index is 2.65. The van der Waals surface area contributed by atoms with Crippen LogP contribution in [0.4, 0.5) is 18.9 Å². The zero-order valence-electron chi connectivity index (χ0n) is 9.74. The average molecular weight is 298 g/mol. The fraction of sp³-hybridized carbons (Fsp3) is 0.455. The van der Waals surface area contributed by atoms with Crippen LogP contribution in [0.25, 0.3) is 0 Å². The summed E-state index contributed by atoms with van der Waals surface area (Å²) in [6.07, 6.45) is -5.49. The molecule has 0 radical (unpaired) electrons. The van der Waals surface area contributed by atoms with E-state index in [1.54, 1.807) is 0 Å². The Labute approximate surface area is 112 Å². The zero-order valence-corrected chi connectivity index (χ0v) is 10.5. The molecule has 0 aliphatic rings. The van der Waals surface area contributed by atoms with Crippen molar-refractivity contribution in [2.24, 2.45) is 0 Å². The van der Waals surface area contributed by atoms with E-state index in [9.17, 15) is 23.3 Å². The zero-order chi connectivity index (χ0) is 14.5. The number of nitro benzene ring substituents is 1. The van der Waals surface area contributed by atoms with Crippen LogP contribution in [-0.4, -0.2) is 17.7 Å². The molecule has 0 aliphatic carbocycles. The maximum Gasteiger partial charge on any atom is 0.389 e. The molecule has 0 bridgehead atoms. The Morgan fingerprint density at radius 2 is 2.05 bits per heavy atom. The summed E-state index contributed by atoms with van der Waals surface area (Å²) in [5.74, 6) is 0.0518. The molecule has 0 N–H and O–H groups in total. The summed E-state index contributed by atoms with van der Waals surface area (Å²) < 4.78 is 40.7. The third kappa shape index (κ3) is 5.34. The number of nitrogens with zero attached hydrogens (tertiary/aromatic N) is 1. The number of hydrogen-bond acceptors (Lipinski definition) is 3. The fourth-order valence-corrected chi connectivity index (χ4v) is 1.53. The lowest BCUT2D eigenvalue weighted by molar-refractivity contribution is -0.385. The van der Waals surface area contributed by atoms with Gasteiger partial charge in [-0.1, -0.05) is 6.07 Å². The lowest BCUT2D eigenvalue weighted by Crippen LogP contribution is -2.10. The van der Waals surface area contributed by atoms with E-state index < -0.39 is 17.5 Å². The van der Waals surface area contributed by atoms with Gasteiger partial charge in [-0.2, -0.15) is 13.2 Å². The van der Waals surface area contributed by atoms with Crippen molar-refractivity contribution >= 4 is 17.3 Å². The monoisotopic (exact) mass is 297 g/mol. The second-order valence-corrected chi connectivity index (χ2v) is 4.03. The van der Waals surface area contributed by atoms with Crippen LogP contribution in [0.15, 0.2) is 18.2 Å². The van der Waals surface area contributed by atoms with Crippen LogP contribution in [0.1, 0.15) is 18.4 Å². The smallest absolute Gasteiger partial charge is 0.389 e. The molecule has 4 nitrogen and oxygen atoms in total. The van der Waals surface area contributed by atoms with Crippen molar-refractivity contribution in [3.8, 4) is 5.75 Å². The molecular formula is C11H11ClF3NO3. The van der Waals surface area contributed by atoms with Crippen LogP contribution in [0.2, 0.25) is 0 Å². The Kier molecular flexibility index (Phi) is 5.41. The molecule has 0 saturated heterocycles. The van der Waals surface area contributed by atoms with E-state index in [4.69, 9.17) is 16.3 Å². The summed E-state index contributed by atoms with van der Waals surface area (Å²) in [4.78, 5) is 10.1. The van der Waals surface area contributed by atoms with Crippen molar-refractivity contribution in [3.63, 3.8) is 0 Å². The average Bonchev–Trinajstić information content (AvgIpc) is 2.33. The molecule has 1 aromatic rings. The predicted octanol–water partition coefficient (Wildman–Crippen LogP) is 4.05. The van der Waals surface area contributed by atoms with Gasteiger partial charge < -0.3 is 4.74 Å². The number of rotatable bonds is 6. The molecule has 0 unspecified atom stereocenters. The van der Waals surface area contributed by atoms with Gasteiger partial charge in [0.2, 0.25) is 0 Å². The van der Waals surface area contributed by atoms with E-state index >= 15 is 0 Å². The van der Waals surface area contributed by atoms with Crippen LogP contribution in [0.5, 0.6) is 5.75 Å². The largest absolute Gasteiger partial charge is 0.487 e. The summed E-state index contributed by atoms with van der Waals surface area (Å²) in [5, 5.41) is 10.8. The van der Waals surface area contributed by atoms with Crippen molar-refractivity contribution < 1.29 is 22.8 Å². The standard InChI is InChI=1S/C11H11ClF3NO3/c12-7-8-2-3-10(9(6-8)16(17)18)19-5-1-4-11(13,14)15/h2-3,6H,1,4-5,7H2. The molecule has 106 valence electrons. The molecule has 0 fully saturated rings. The number of halogens is 4. The minimum Gasteiger partial charge on any atom is -0.487 e. The van der Waals surface area contributed by atoms with Crippen LogP contribution in [0, 0.1) is 10.1 Å². The van der Waals surface area contributed by atoms with E-state index in [2.05, 4.69) is 0 Å². The maximum atomic E-state index is 11.9. The highest BCUT2D eigenvalue weighted by Crippen LogP contribution is 2.29.